The van der Waals surface area contributed by atoms with Crippen LogP contribution in [0.25, 0.3) is 0 Å². The Morgan fingerprint density at radius 3 is 1.19 bits per heavy atom. The van der Waals surface area contributed by atoms with Crippen LogP contribution in [-0.4, -0.2) is 47.4 Å². The molecular formula is C51H99NO5. The van der Waals surface area contributed by atoms with E-state index in [1.807, 2.05) is 6.08 Å². The third-order valence-corrected chi connectivity index (χ3v) is 11.8. The lowest BCUT2D eigenvalue weighted by Crippen LogP contribution is -2.45. The lowest BCUT2D eigenvalue weighted by Gasteiger charge is -2.20. The second kappa shape index (κ2) is 47.3. The first-order valence-corrected chi connectivity index (χ1v) is 25.5. The molecule has 0 aromatic carbocycles. The van der Waals surface area contributed by atoms with Crippen molar-refractivity contribution in [2.75, 3.05) is 13.2 Å². The van der Waals surface area contributed by atoms with Crippen LogP contribution in [0.3, 0.4) is 0 Å². The second-order valence-electron chi connectivity index (χ2n) is 17.5. The van der Waals surface area contributed by atoms with Crippen molar-refractivity contribution < 1.29 is 24.5 Å². The molecule has 2 unspecified atom stereocenters. The van der Waals surface area contributed by atoms with Crippen molar-refractivity contribution in [2.45, 2.75) is 289 Å². The number of hydrogen-bond donors (Lipinski definition) is 3. The zero-order chi connectivity index (χ0) is 41.5. The topological polar surface area (TPSA) is 95.9 Å². The molecule has 0 aliphatic heterocycles. The number of allylic oxidation sites excluding steroid dienone is 1. The van der Waals surface area contributed by atoms with E-state index in [0.29, 0.717) is 19.4 Å². The number of amides is 1. The average Bonchev–Trinajstić information content (AvgIpc) is 3.21. The third-order valence-electron chi connectivity index (χ3n) is 11.8. The molecule has 0 aromatic heterocycles. The van der Waals surface area contributed by atoms with Crippen LogP contribution in [0.15, 0.2) is 12.2 Å². The van der Waals surface area contributed by atoms with Crippen LogP contribution in [0.2, 0.25) is 0 Å². The zero-order valence-electron chi connectivity index (χ0n) is 38.3. The zero-order valence-corrected chi connectivity index (χ0v) is 38.3. The first-order valence-electron chi connectivity index (χ1n) is 25.5. The summed E-state index contributed by atoms with van der Waals surface area (Å²) in [5.41, 5.74) is 0. The van der Waals surface area contributed by atoms with Gasteiger partial charge in [-0.3, -0.25) is 9.59 Å². The number of hydrogen-bond acceptors (Lipinski definition) is 5. The van der Waals surface area contributed by atoms with Gasteiger partial charge in [-0.15, -0.1) is 0 Å². The number of aliphatic hydroxyl groups excluding tert-OH is 2. The number of aliphatic hydroxyl groups is 2. The monoisotopic (exact) mass is 806 g/mol. The highest BCUT2D eigenvalue weighted by atomic mass is 16.5. The minimum absolute atomic E-state index is 0.00398. The molecule has 0 aliphatic rings. The molecule has 0 radical (unpaired) electrons. The number of carbonyl (C=O) groups is 2. The van der Waals surface area contributed by atoms with Gasteiger partial charge in [0.05, 0.1) is 25.4 Å². The van der Waals surface area contributed by atoms with Crippen LogP contribution in [0.5, 0.6) is 0 Å². The van der Waals surface area contributed by atoms with E-state index in [1.165, 1.54) is 205 Å². The van der Waals surface area contributed by atoms with Crippen molar-refractivity contribution in [1.82, 2.24) is 5.32 Å². The maximum Gasteiger partial charge on any atom is 0.305 e. The molecule has 0 aromatic rings. The van der Waals surface area contributed by atoms with Crippen molar-refractivity contribution >= 4 is 11.9 Å². The summed E-state index contributed by atoms with van der Waals surface area (Å²) < 4.78 is 5.45. The lowest BCUT2D eigenvalue weighted by atomic mass is 10.0. The van der Waals surface area contributed by atoms with E-state index in [-0.39, 0.29) is 18.5 Å². The molecule has 0 heterocycles. The van der Waals surface area contributed by atoms with Gasteiger partial charge in [-0.25, -0.2) is 0 Å². The van der Waals surface area contributed by atoms with Crippen LogP contribution < -0.4 is 5.32 Å². The molecule has 57 heavy (non-hydrogen) atoms. The van der Waals surface area contributed by atoms with Gasteiger partial charge in [0.15, 0.2) is 0 Å². The molecule has 6 nitrogen and oxygen atoms in total. The summed E-state index contributed by atoms with van der Waals surface area (Å²) >= 11 is 0. The van der Waals surface area contributed by atoms with Crippen LogP contribution >= 0.6 is 0 Å². The van der Waals surface area contributed by atoms with Crippen molar-refractivity contribution in [2.24, 2.45) is 0 Å². The number of nitrogens with one attached hydrogen (secondary N) is 1. The van der Waals surface area contributed by atoms with Crippen molar-refractivity contribution in [3.8, 4) is 0 Å². The molecule has 1 amide bonds. The fraction of sp³-hybridized carbons (Fsp3) is 0.922. The largest absolute Gasteiger partial charge is 0.466 e. The molecule has 338 valence electrons. The molecule has 0 fully saturated rings. The first-order chi connectivity index (χ1) is 28.0. The van der Waals surface area contributed by atoms with Crippen LogP contribution in [-0.2, 0) is 14.3 Å². The highest BCUT2D eigenvalue weighted by Gasteiger charge is 2.18. The van der Waals surface area contributed by atoms with Gasteiger partial charge in [0.2, 0.25) is 5.91 Å². The smallest absolute Gasteiger partial charge is 0.305 e. The Kier molecular flexibility index (Phi) is 46.1. The average molecular weight is 806 g/mol. The minimum Gasteiger partial charge on any atom is -0.466 e. The molecule has 0 saturated carbocycles. The Bertz CT molecular complexity index is 847. The Balaban J connectivity index is 3.43. The van der Waals surface area contributed by atoms with Crippen molar-refractivity contribution in [3.63, 3.8) is 0 Å². The first kappa shape index (κ1) is 55.6. The maximum absolute atomic E-state index is 12.4. The fourth-order valence-electron chi connectivity index (χ4n) is 7.87. The normalized spacial score (nSPS) is 12.7. The number of unbranched alkanes of at least 4 members (excludes halogenated alkanes) is 36. The van der Waals surface area contributed by atoms with Gasteiger partial charge in [0.25, 0.3) is 0 Å². The van der Waals surface area contributed by atoms with E-state index >= 15 is 0 Å². The van der Waals surface area contributed by atoms with Gasteiger partial charge < -0.3 is 20.3 Å². The Hall–Kier alpha value is -1.40. The highest BCUT2D eigenvalue weighted by Crippen LogP contribution is 2.16. The van der Waals surface area contributed by atoms with Crippen molar-refractivity contribution in [3.05, 3.63) is 12.2 Å². The molecule has 6 heteroatoms. The van der Waals surface area contributed by atoms with E-state index in [4.69, 9.17) is 4.74 Å². The Labute approximate surface area is 355 Å². The standard InChI is InChI=1S/C51H99NO5/c1-3-5-7-9-11-13-15-24-27-31-35-39-43-49(54)48(47-53)52-50(55)44-40-36-32-28-25-21-19-17-16-18-20-22-26-30-34-38-42-46-57-51(56)45-41-37-33-29-23-14-12-10-8-6-4-2/h39,43,48-49,53-54H,3-38,40-42,44-47H2,1-2H3,(H,52,55)/b43-39+. The van der Waals surface area contributed by atoms with Gasteiger partial charge in [-0.2, -0.15) is 0 Å². The van der Waals surface area contributed by atoms with Gasteiger partial charge in [-0.05, 0) is 32.1 Å². The van der Waals surface area contributed by atoms with E-state index in [1.54, 1.807) is 6.08 Å². The molecule has 0 aliphatic carbocycles. The number of esters is 1. The molecule has 0 saturated heterocycles. The number of ether oxygens (including phenoxy) is 1. The van der Waals surface area contributed by atoms with Gasteiger partial charge in [0, 0.05) is 12.8 Å². The summed E-state index contributed by atoms with van der Waals surface area (Å²) in [6, 6.07) is -0.629. The summed E-state index contributed by atoms with van der Waals surface area (Å²) in [6.45, 7) is 4.88. The predicted molar refractivity (Wildman–Crippen MR) is 246 cm³/mol. The van der Waals surface area contributed by atoms with Gasteiger partial charge in [0.1, 0.15) is 0 Å². The van der Waals surface area contributed by atoms with Crippen LogP contribution in [0.4, 0.5) is 0 Å². The summed E-state index contributed by atoms with van der Waals surface area (Å²) in [5, 5.41) is 23.0. The Morgan fingerprint density at radius 2 is 0.807 bits per heavy atom. The quantitative estimate of drug-likeness (QED) is 0.0323. The van der Waals surface area contributed by atoms with E-state index in [9.17, 15) is 19.8 Å². The van der Waals surface area contributed by atoms with Gasteiger partial charge >= 0.3 is 5.97 Å². The summed E-state index contributed by atoms with van der Waals surface area (Å²) in [5.74, 6) is -0.0695. The molecule has 0 bridgehead atoms. The van der Waals surface area contributed by atoms with Crippen LogP contribution in [0.1, 0.15) is 277 Å². The number of rotatable bonds is 47. The molecular weight excluding hydrogens is 707 g/mol. The summed E-state index contributed by atoms with van der Waals surface area (Å²) in [6.07, 6.45) is 53.5. The third kappa shape index (κ3) is 44.0. The van der Waals surface area contributed by atoms with E-state index in [0.717, 1.165) is 44.9 Å². The maximum atomic E-state index is 12.4. The fourth-order valence-corrected chi connectivity index (χ4v) is 7.87. The van der Waals surface area contributed by atoms with Crippen LogP contribution in [0, 0.1) is 0 Å². The van der Waals surface area contributed by atoms with E-state index < -0.39 is 12.1 Å². The highest BCUT2D eigenvalue weighted by molar-refractivity contribution is 5.76. The predicted octanol–water partition coefficient (Wildman–Crippen LogP) is 15.0. The second-order valence-corrected chi connectivity index (χ2v) is 17.5. The van der Waals surface area contributed by atoms with Crippen molar-refractivity contribution in [1.29, 1.82) is 0 Å². The molecule has 3 N–H and O–H groups in total. The number of carbonyl (C=O) groups excluding carboxylic acids is 2. The van der Waals surface area contributed by atoms with Gasteiger partial charge in [-0.1, -0.05) is 244 Å². The molecule has 2 atom stereocenters. The Morgan fingerprint density at radius 1 is 0.474 bits per heavy atom. The minimum atomic E-state index is -0.845. The van der Waals surface area contributed by atoms with E-state index in [2.05, 4.69) is 19.2 Å². The SMILES string of the molecule is CCCCCCCCCCCC/C=C/C(O)C(CO)NC(=O)CCCCCCCCCCCCCCCCCCCOC(=O)CCCCCCCCCCCCC. The molecule has 0 rings (SSSR count). The summed E-state index contributed by atoms with van der Waals surface area (Å²) in [7, 11) is 0. The molecule has 0 spiro atoms. The lowest BCUT2D eigenvalue weighted by molar-refractivity contribution is -0.143. The summed E-state index contributed by atoms with van der Waals surface area (Å²) in [4.78, 5) is 24.4.